The van der Waals surface area contributed by atoms with Crippen LogP contribution in [0.3, 0.4) is 0 Å². The van der Waals surface area contributed by atoms with Crippen molar-refractivity contribution < 1.29 is 23.9 Å². The van der Waals surface area contributed by atoms with Crippen LogP contribution in [0.25, 0.3) is 0 Å². The molecule has 0 spiro atoms. The highest BCUT2D eigenvalue weighted by Crippen LogP contribution is 2.07. The van der Waals surface area contributed by atoms with Gasteiger partial charge in [-0.15, -0.1) is 0 Å². The van der Waals surface area contributed by atoms with Crippen molar-refractivity contribution in [1.29, 1.82) is 0 Å². The zero-order valence-corrected chi connectivity index (χ0v) is 7.77. The highest BCUT2D eigenvalue weighted by Gasteiger charge is 2.22. The lowest BCUT2D eigenvalue weighted by molar-refractivity contribution is -0.192. The van der Waals surface area contributed by atoms with Gasteiger partial charge in [-0.25, -0.2) is 0 Å². The standard InChI is InChI=1S/C8H12O5/c1-5(4-9)8(12-6(2)10)13-7(3)11/h4-5,8H,1-3H3. The first kappa shape index (κ1) is 11.6. The van der Waals surface area contributed by atoms with Gasteiger partial charge in [-0.1, -0.05) is 0 Å². The van der Waals surface area contributed by atoms with Crippen molar-refractivity contribution in [3.63, 3.8) is 0 Å². The van der Waals surface area contributed by atoms with E-state index in [2.05, 4.69) is 9.47 Å². The molecule has 0 saturated heterocycles. The molecule has 0 aromatic heterocycles. The fraction of sp³-hybridized carbons (Fsp3) is 0.625. The van der Waals surface area contributed by atoms with Crippen LogP contribution in [0, 0.1) is 5.92 Å². The molecule has 74 valence electrons. The predicted molar refractivity (Wildman–Crippen MR) is 42.5 cm³/mol. The number of hydrogen-bond donors (Lipinski definition) is 0. The van der Waals surface area contributed by atoms with Crippen LogP contribution in [0.4, 0.5) is 0 Å². The summed E-state index contributed by atoms with van der Waals surface area (Å²) < 4.78 is 9.20. The summed E-state index contributed by atoms with van der Waals surface area (Å²) in [6.07, 6.45) is -0.566. The van der Waals surface area contributed by atoms with Crippen molar-refractivity contribution in [3.8, 4) is 0 Å². The number of esters is 2. The number of ether oxygens (including phenoxy) is 2. The Kier molecular flexibility index (Phi) is 4.72. The highest BCUT2D eigenvalue weighted by atomic mass is 16.7. The predicted octanol–water partition coefficient (Wildman–Crippen LogP) is 0.274. The summed E-state index contributed by atoms with van der Waals surface area (Å²) in [6, 6.07) is 0. The topological polar surface area (TPSA) is 69.7 Å². The number of carbonyl (C=O) groups excluding carboxylic acids is 3. The first-order chi connectivity index (χ1) is 5.97. The molecular weight excluding hydrogens is 176 g/mol. The third-order valence-electron chi connectivity index (χ3n) is 1.21. The first-order valence-electron chi connectivity index (χ1n) is 3.77. The van der Waals surface area contributed by atoms with Gasteiger partial charge >= 0.3 is 11.9 Å². The smallest absolute Gasteiger partial charge is 0.305 e. The minimum absolute atomic E-state index is 0.552. The van der Waals surface area contributed by atoms with Crippen LogP contribution < -0.4 is 0 Å². The lowest BCUT2D eigenvalue weighted by Crippen LogP contribution is -2.29. The van der Waals surface area contributed by atoms with Crippen molar-refractivity contribution in [2.45, 2.75) is 27.1 Å². The third kappa shape index (κ3) is 4.95. The van der Waals surface area contributed by atoms with Gasteiger partial charge in [0.05, 0.1) is 5.92 Å². The van der Waals surface area contributed by atoms with Crippen LogP contribution in [-0.4, -0.2) is 24.5 Å². The molecule has 5 nitrogen and oxygen atoms in total. The minimum Gasteiger partial charge on any atom is -0.425 e. The Morgan fingerprint density at radius 3 is 1.77 bits per heavy atom. The van der Waals surface area contributed by atoms with Gasteiger partial charge < -0.3 is 14.3 Å². The van der Waals surface area contributed by atoms with Gasteiger partial charge in [0.25, 0.3) is 6.29 Å². The van der Waals surface area contributed by atoms with Gasteiger partial charge in [-0.3, -0.25) is 9.59 Å². The fourth-order valence-electron chi connectivity index (χ4n) is 0.630. The van der Waals surface area contributed by atoms with Crippen molar-refractivity contribution in [2.24, 2.45) is 5.92 Å². The Labute approximate surface area is 76.0 Å². The zero-order chi connectivity index (χ0) is 10.4. The SMILES string of the molecule is CC(=O)OC(OC(C)=O)C(C)C=O. The Morgan fingerprint density at radius 1 is 1.15 bits per heavy atom. The van der Waals surface area contributed by atoms with E-state index in [1.807, 2.05) is 0 Å². The maximum Gasteiger partial charge on any atom is 0.305 e. The van der Waals surface area contributed by atoms with E-state index in [0.29, 0.717) is 6.29 Å². The average molecular weight is 188 g/mol. The van der Waals surface area contributed by atoms with Crippen molar-refractivity contribution in [3.05, 3.63) is 0 Å². The Morgan fingerprint density at radius 2 is 1.54 bits per heavy atom. The summed E-state index contributed by atoms with van der Waals surface area (Å²) in [5.74, 6) is -1.85. The highest BCUT2D eigenvalue weighted by molar-refractivity contribution is 5.69. The number of hydrogen-bond acceptors (Lipinski definition) is 5. The lowest BCUT2D eigenvalue weighted by atomic mass is 10.2. The van der Waals surface area contributed by atoms with Crippen LogP contribution in [0.2, 0.25) is 0 Å². The van der Waals surface area contributed by atoms with Crippen LogP contribution in [0.15, 0.2) is 0 Å². The van der Waals surface area contributed by atoms with Gasteiger partial charge in [-0.05, 0) is 6.92 Å². The van der Waals surface area contributed by atoms with Gasteiger partial charge in [0.15, 0.2) is 0 Å². The lowest BCUT2D eigenvalue weighted by Gasteiger charge is -2.18. The summed E-state index contributed by atoms with van der Waals surface area (Å²) in [4.78, 5) is 31.4. The maximum absolute atomic E-state index is 10.5. The van der Waals surface area contributed by atoms with E-state index in [1.165, 1.54) is 20.8 Å². The fourth-order valence-corrected chi connectivity index (χ4v) is 0.630. The van der Waals surface area contributed by atoms with Crippen molar-refractivity contribution in [1.82, 2.24) is 0 Å². The molecule has 0 saturated carbocycles. The van der Waals surface area contributed by atoms with Crippen molar-refractivity contribution in [2.75, 3.05) is 0 Å². The Hall–Kier alpha value is -1.39. The van der Waals surface area contributed by atoms with E-state index in [9.17, 15) is 14.4 Å². The molecule has 0 fully saturated rings. The summed E-state index contributed by atoms with van der Waals surface area (Å²) in [7, 11) is 0. The normalized spacial score (nSPS) is 12.0. The second-order valence-electron chi connectivity index (χ2n) is 2.58. The molecule has 5 heteroatoms. The maximum atomic E-state index is 10.5. The molecule has 0 radical (unpaired) electrons. The molecule has 0 N–H and O–H groups in total. The molecule has 0 amide bonds. The van der Waals surface area contributed by atoms with Crippen LogP contribution in [-0.2, 0) is 23.9 Å². The van der Waals surface area contributed by atoms with E-state index in [-0.39, 0.29) is 0 Å². The Bertz CT molecular complexity index is 195. The van der Waals surface area contributed by atoms with Crippen LogP contribution >= 0.6 is 0 Å². The largest absolute Gasteiger partial charge is 0.425 e. The molecule has 0 bridgehead atoms. The molecule has 0 rings (SSSR count). The van der Waals surface area contributed by atoms with E-state index in [1.54, 1.807) is 0 Å². The number of rotatable bonds is 4. The monoisotopic (exact) mass is 188 g/mol. The molecule has 0 aliphatic carbocycles. The van der Waals surface area contributed by atoms with Crippen LogP contribution in [0.5, 0.6) is 0 Å². The van der Waals surface area contributed by atoms with E-state index < -0.39 is 24.1 Å². The molecule has 0 heterocycles. The quantitative estimate of drug-likeness (QED) is 0.360. The van der Waals surface area contributed by atoms with Gasteiger partial charge in [0.2, 0.25) is 0 Å². The molecule has 0 aromatic rings. The number of carbonyl (C=O) groups is 3. The van der Waals surface area contributed by atoms with Crippen LogP contribution in [0.1, 0.15) is 20.8 Å². The Balaban J connectivity index is 4.25. The van der Waals surface area contributed by atoms with Gasteiger partial charge in [0, 0.05) is 13.8 Å². The van der Waals surface area contributed by atoms with Gasteiger partial charge in [-0.2, -0.15) is 0 Å². The van der Waals surface area contributed by atoms with E-state index in [0.717, 1.165) is 0 Å². The number of aldehydes is 1. The molecule has 0 aliphatic rings. The molecular formula is C8H12O5. The molecule has 0 aliphatic heterocycles. The summed E-state index contributed by atoms with van der Waals surface area (Å²) >= 11 is 0. The second kappa shape index (κ2) is 5.29. The van der Waals surface area contributed by atoms with Gasteiger partial charge in [0.1, 0.15) is 6.29 Å². The van der Waals surface area contributed by atoms with E-state index >= 15 is 0 Å². The van der Waals surface area contributed by atoms with Crippen molar-refractivity contribution >= 4 is 18.2 Å². The molecule has 0 aromatic carbocycles. The first-order valence-corrected chi connectivity index (χ1v) is 3.77. The summed E-state index contributed by atoms with van der Waals surface area (Å²) in [5, 5.41) is 0. The molecule has 1 unspecified atom stereocenters. The summed E-state index contributed by atoms with van der Waals surface area (Å²) in [6.45, 7) is 3.84. The van der Waals surface area contributed by atoms with E-state index in [4.69, 9.17) is 0 Å². The second-order valence-corrected chi connectivity index (χ2v) is 2.58. The molecule has 13 heavy (non-hydrogen) atoms. The third-order valence-corrected chi connectivity index (χ3v) is 1.21. The molecule has 1 atom stereocenters. The minimum atomic E-state index is -1.12. The zero-order valence-electron chi connectivity index (χ0n) is 7.77. The summed E-state index contributed by atoms with van der Waals surface area (Å²) in [5.41, 5.74) is 0. The average Bonchev–Trinajstić information content (AvgIpc) is 2.00.